The number of hydrogen-bond acceptors (Lipinski definition) is 8. The van der Waals surface area contributed by atoms with E-state index in [1.807, 2.05) is 23.6 Å². The Hall–Kier alpha value is -3.46. The lowest BCUT2D eigenvalue weighted by Gasteiger charge is -2.11. The highest BCUT2D eigenvalue weighted by molar-refractivity contribution is 7.13. The first-order valence-electron chi connectivity index (χ1n) is 9.01. The summed E-state index contributed by atoms with van der Waals surface area (Å²) in [4.78, 5) is 16.9. The van der Waals surface area contributed by atoms with Crippen LogP contribution in [0.1, 0.15) is 5.69 Å². The average Bonchev–Trinajstić information content (AvgIpc) is 3.19. The van der Waals surface area contributed by atoms with Crippen molar-refractivity contribution in [2.45, 2.75) is 6.42 Å². The third-order valence-electron chi connectivity index (χ3n) is 4.21. The molecule has 0 aliphatic heterocycles. The predicted molar refractivity (Wildman–Crippen MR) is 117 cm³/mol. The third-order valence-corrected chi connectivity index (χ3v) is 5.02. The SMILES string of the molecule is COc1ccc(OC)c(Nc2nc(CC(=O)Nc3ccc(OC)c(OC)c3)cs2)c1. The van der Waals surface area contributed by atoms with Crippen molar-refractivity contribution in [2.24, 2.45) is 0 Å². The molecule has 0 fully saturated rings. The number of methoxy groups -OCH3 is 4. The van der Waals surface area contributed by atoms with Gasteiger partial charge in [-0.2, -0.15) is 0 Å². The van der Waals surface area contributed by atoms with E-state index in [1.165, 1.54) is 11.3 Å². The first-order chi connectivity index (χ1) is 14.6. The molecule has 0 saturated heterocycles. The van der Waals surface area contributed by atoms with E-state index in [-0.39, 0.29) is 12.3 Å². The molecule has 1 heterocycles. The van der Waals surface area contributed by atoms with Crippen LogP contribution in [0.25, 0.3) is 0 Å². The quantitative estimate of drug-likeness (QED) is 0.529. The predicted octanol–water partition coefficient (Wildman–Crippen LogP) is 4.10. The van der Waals surface area contributed by atoms with Crippen LogP contribution in [0, 0.1) is 0 Å². The van der Waals surface area contributed by atoms with Crippen molar-refractivity contribution >= 4 is 33.8 Å². The number of benzene rings is 2. The number of ether oxygens (including phenoxy) is 4. The van der Waals surface area contributed by atoms with Crippen molar-refractivity contribution in [1.29, 1.82) is 0 Å². The zero-order chi connectivity index (χ0) is 21.5. The molecule has 0 unspecified atom stereocenters. The van der Waals surface area contributed by atoms with Gasteiger partial charge in [0.15, 0.2) is 16.6 Å². The molecule has 0 bridgehead atoms. The van der Waals surface area contributed by atoms with Gasteiger partial charge in [0, 0.05) is 23.2 Å². The Morgan fingerprint density at radius 2 is 1.67 bits per heavy atom. The molecule has 158 valence electrons. The van der Waals surface area contributed by atoms with Gasteiger partial charge in [-0.05, 0) is 24.3 Å². The summed E-state index contributed by atoms with van der Waals surface area (Å²) >= 11 is 1.40. The van der Waals surface area contributed by atoms with E-state index in [0.29, 0.717) is 39.5 Å². The fourth-order valence-electron chi connectivity index (χ4n) is 2.76. The van der Waals surface area contributed by atoms with Gasteiger partial charge < -0.3 is 29.6 Å². The minimum atomic E-state index is -0.182. The summed E-state index contributed by atoms with van der Waals surface area (Å²) in [7, 11) is 6.30. The zero-order valence-corrected chi connectivity index (χ0v) is 18.0. The number of nitrogens with one attached hydrogen (secondary N) is 2. The molecule has 9 heteroatoms. The summed E-state index contributed by atoms with van der Waals surface area (Å²) in [6, 6.07) is 10.6. The minimum absolute atomic E-state index is 0.141. The fraction of sp³-hybridized carbons (Fsp3) is 0.238. The van der Waals surface area contributed by atoms with Gasteiger partial charge in [-0.3, -0.25) is 4.79 Å². The second kappa shape index (κ2) is 9.84. The van der Waals surface area contributed by atoms with Gasteiger partial charge >= 0.3 is 0 Å². The molecule has 8 nitrogen and oxygen atoms in total. The zero-order valence-electron chi connectivity index (χ0n) is 17.1. The van der Waals surface area contributed by atoms with E-state index >= 15 is 0 Å². The molecule has 1 amide bonds. The van der Waals surface area contributed by atoms with Gasteiger partial charge in [0.05, 0.1) is 46.2 Å². The fourth-order valence-corrected chi connectivity index (χ4v) is 3.48. The number of carbonyl (C=O) groups excluding carboxylic acids is 1. The van der Waals surface area contributed by atoms with Crippen LogP contribution in [0.3, 0.4) is 0 Å². The number of rotatable bonds is 9. The summed E-state index contributed by atoms with van der Waals surface area (Å²) in [6.07, 6.45) is 0.141. The molecule has 3 rings (SSSR count). The van der Waals surface area contributed by atoms with Crippen molar-refractivity contribution in [3.05, 3.63) is 47.5 Å². The second-order valence-electron chi connectivity index (χ2n) is 6.13. The molecule has 30 heavy (non-hydrogen) atoms. The number of thiazole rings is 1. The molecule has 0 spiro atoms. The van der Waals surface area contributed by atoms with Crippen LogP contribution in [-0.2, 0) is 11.2 Å². The Bertz CT molecular complexity index is 1020. The number of carbonyl (C=O) groups is 1. The topological polar surface area (TPSA) is 90.9 Å². The minimum Gasteiger partial charge on any atom is -0.497 e. The van der Waals surface area contributed by atoms with Crippen molar-refractivity contribution in [3.63, 3.8) is 0 Å². The number of hydrogen-bond donors (Lipinski definition) is 2. The second-order valence-corrected chi connectivity index (χ2v) is 6.99. The molecule has 2 N–H and O–H groups in total. The van der Waals surface area contributed by atoms with Crippen LogP contribution in [0.15, 0.2) is 41.8 Å². The van der Waals surface area contributed by atoms with Gasteiger partial charge in [0.1, 0.15) is 11.5 Å². The summed E-state index contributed by atoms with van der Waals surface area (Å²) in [5, 5.41) is 8.54. The van der Waals surface area contributed by atoms with Gasteiger partial charge in [0.2, 0.25) is 5.91 Å². The lowest BCUT2D eigenvalue weighted by atomic mass is 10.2. The van der Waals surface area contributed by atoms with Gasteiger partial charge in [-0.25, -0.2) is 4.98 Å². The largest absolute Gasteiger partial charge is 0.497 e. The smallest absolute Gasteiger partial charge is 0.230 e. The van der Waals surface area contributed by atoms with Crippen LogP contribution >= 0.6 is 11.3 Å². The van der Waals surface area contributed by atoms with Crippen molar-refractivity contribution in [3.8, 4) is 23.0 Å². The average molecular weight is 429 g/mol. The third kappa shape index (κ3) is 5.12. The lowest BCUT2D eigenvalue weighted by Crippen LogP contribution is -2.14. The molecule has 0 radical (unpaired) electrons. The lowest BCUT2D eigenvalue weighted by molar-refractivity contribution is -0.115. The van der Waals surface area contributed by atoms with Crippen LogP contribution < -0.4 is 29.6 Å². The Kier molecular flexibility index (Phi) is 6.97. The highest BCUT2D eigenvalue weighted by Crippen LogP contribution is 2.33. The van der Waals surface area contributed by atoms with Crippen LogP contribution in [0.4, 0.5) is 16.5 Å². The summed E-state index contributed by atoms with van der Waals surface area (Å²) in [5.41, 5.74) is 2.00. The van der Waals surface area contributed by atoms with Gasteiger partial charge in [0.25, 0.3) is 0 Å². The Morgan fingerprint density at radius 1 is 0.933 bits per heavy atom. The van der Waals surface area contributed by atoms with E-state index in [1.54, 1.807) is 46.6 Å². The molecule has 2 aromatic carbocycles. The van der Waals surface area contributed by atoms with Gasteiger partial charge in [-0.15, -0.1) is 11.3 Å². The Labute approximate surface area is 178 Å². The number of amides is 1. The Morgan fingerprint density at radius 3 is 2.37 bits per heavy atom. The van der Waals surface area contributed by atoms with Crippen molar-refractivity contribution in [2.75, 3.05) is 39.1 Å². The van der Waals surface area contributed by atoms with Crippen LogP contribution in [0.2, 0.25) is 0 Å². The molecule has 0 aliphatic carbocycles. The summed E-state index contributed by atoms with van der Waals surface area (Å²) in [5.74, 6) is 2.32. The van der Waals surface area contributed by atoms with Crippen LogP contribution in [-0.4, -0.2) is 39.3 Å². The van der Waals surface area contributed by atoms with Gasteiger partial charge in [-0.1, -0.05) is 0 Å². The number of nitrogens with zero attached hydrogens (tertiary/aromatic N) is 1. The highest BCUT2D eigenvalue weighted by Gasteiger charge is 2.12. The first kappa shape index (κ1) is 21.3. The number of anilines is 3. The van der Waals surface area contributed by atoms with Crippen molar-refractivity contribution in [1.82, 2.24) is 4.98 Å². The van der Waals surface area contributed by atoms with E-state index in [4.69, 9.17) is 18.9 Å². The standard InChI is InChI=1S/C21H23N3O5S/c1-26-15-6-8-17(27-2)16(11-15)24-21-23-14(12-30-21)10-20(25)22-13-5-7-18(28-3)19(9-13)29-4/h5-9,11-12H,10H2,1-4H3,(H,22,25)(H,23,24). The first-order valence-corrected chi connectivity index (χ1v) is 9.89. The maximum atomic E-state index is 12.4. The maximum Gasteiger partial charge on any atom is 0.230 e. The van der Waals surface area contributed by atoms with E-state index in [9.17, 15) is 4.79 Å². The molecular weight excluding hydrogens is 406 g/mol. The molecule has 0 saturated carbocycles. The highest BCUT2D eigenvalue weighted by atomic mass is 32.1. The molecule has 0 atom stereocenters. The Balaban J connectivity index is 1.65. The molecular formula is C21H23N3O5S. The van der Waals surface area contributed by atoms with Crippen LogP contribution in [0.5, 0.6) is 23.0 Å². The number of aromatic nitrogens is 1. The summed E-state index contributed by atoms with van der Waals surface area (Å²) < 4.78 is 21.1. The van der Waals surface area contributed by atoms with E-state index in [2.05, 4.69) is 15.6 Å². The molecule has 0 aliphatic rings. The van der Waals surface area contributed by atoms with E-state index < -0.39 is 0 Å². The monoisotopic (exact) mass is 429 g/mol. The molecule has 1 aromatic heterocycles. The maximum absolute atomic E-state index is 12.4. The van der Waals surface area contributed by atoms with Crippen molar-refractivity contribution < 1.29 is 23.7 Å². The molecule has 3 aromatic rings. The summed E-state index contributed by atoms with van der Waals surface area (Å²) in [6.45, 7) is 0. The normalized spacial score (nSPS) is 10.3. The van der Waals surface area contributed by atoms with E-state index in [0.717, 1.165) is 5.69 Å².